The van der Waals surface area contributed by atoms with Crippen molar-refractivity contribution in [2.24, 2.45) is 0 Å². The normalized spacial score (nSPS) is 17.9. The van der Waals surface area contributed by atoms with Gasteiger partial charge in [0.15, 0.2) is 11.0 Å². The number of hydrogen-bond donors (Lipinski definition) is 2. The first-order valence-electron chi connectivity index (χ1n) is 7.11. The highest BCUT2D eigenvalue weighted by Crippen LogP contribution is 2.22. The lowest BCUT2D eigenvalue weighted by Gasteiger charge is -2.25. The minimum absolute atomic E-state index is 0.0678. The molecule has 1 aromatic heterocycles. The fourth-order valence-electron chi connectivity index (χ4n) is 2.08. The molecule has 2 N–H and O–H groups in total. The molecule has 1 atom stereocenters. The molecule has 1 aliphatic heterocycles. The van der Waals surface area contributed by atoms with Gasteiger partial charge in [-0.05, 0) is 26.2 Å². The van der Waals surface area contributed by atoms with Crippen LogP contribution < -0.4 is 5.32 Å². The van der Waals surface area contributed by atoms with Gasteiger partial charge in [0, 0.05) is 13.5 Å². The van der Waals surface area contributed by atoms with Gasteiger partial charge in [0.1, 0.15) is 24.2 Å². The highest BCUT2D eigenvalue weighted by Gasteiger charge is 2.19. The first kappa shape index (κ1) is 16.6. The third-order valence-electron chi connectivity index (χ3n) is 3.16. The van der Waals surface area contributed by atoms with Gasteiger partial charge < -0.3 is 20.2 Å². The van der Waals surface area contributed by atoms with Gasteiger partial charge in [0.05, 0.1) is 5.71 Å². The lowest BCUT2D eigenvalue weighted by molar-refractivity contribution is -0.142. The summed E-state index contributed by atoms with van der Waals surface area (Å²) in [6.07, 6.45) is 2.83. The molecule has 0 radical (unpaired) electrons. The van der Waals surface area contributed by atoms with Crippen LogP contribution in [-0.2, 0) is 20.9 Å². The molecule has 1 unspecified atom stereocenters. The third-order valence-corrected chi connectivity index (χ3v) is 3.47. The number of carbonyl (C=O) groups is 1. The van der Waals surface area contributed by atoms with Crippen LogP contribution in [0.5, 0.6) is 0 Å². The molecule has 7 nitrogen and oxygen atoms in total. The van der Waals surface area contributed by atoms with Crippen LogP contribution >= 0.6 is 11.6 Å². The van der Waals surface area contributed by atoms with E-state index in [-0.39, 0.29) is 23.7 Å². The average Bonchev–Trinajstić information content (AvgIpc) is 2.47. The Morgan fingerprint density at radius 1 is 1.45 bits per heavy atom. The molecule has 1 saturated heterocycles. The molecule has 0 spiro atoms. The van der Waals surface area contributed by atoms with Crippen molar-refractivity contribution in [3.05, 3.63) is 16.5 Å². The molecule has 8 heteroatoms. The predicted octanol–water partition coefficient (Wildman–Crippen LogP) is 2.52. The monoisotopic (exact) mass is 326 g/mol. The highest BCUT2D eigenvalue weighted by atomic mass is 35.5. The Morgan fingerprint density at radius 3 is 2.82 bits per heavy atom. The molecule has 2 heterocycles. The number of nitrogens with zero attached hydrogens (tertiary/aromatic N) is 2. The maximum Gasteiger partial charge on any atom is 0.303 e. The molecule has 0 amide bonds. The zero-order chi connectivity index (χ0) is 16.1. The second-order valence-corrected chi connectivity index (χ2v) is 5.42. The lowest BCUT2D eigenvalue weighted by atomic mass is 10.2. The Balaban J connectivity index is 2.22. The SMILES string of the molecule is CC(=N)c1nc(COC(C)=O)c(Cl)nc1NC1CCCCO1. The number of rotatable bonds is 5. The minimum Gasteiger partial charge on any atom is -0.459 e. The van der Waals surface area contributed by atoms with Crippen molar-refractivity contribution in [2.45, 2.75) is 45.9 Å². The standard InChI is InChI=1S/C14H19ClN4O3/c1-8(16)12-14(18-11-5-3-4-6-21-11)19-13(15)10(17-12)7-22-9(2)20/h11,16H,3-7H2,1-2H3,(H,18,19). The van der Waals surface area contributed by atoms with Crippen molar-refractivity contribution in [1.82, 2.24) is 9.97 Å². The number of carbonyl (C=O) groups excluding carboxylic acids is 1. The van der Waals surface area contributed by atoms with Crippen LogP contribution in [0.15, 0.2) is 0 Å². The van der Waals surface area contributed by atoms with Crippen LogP contribution in [0.3, 0.4) is 0 Å². The second-order valence-electron chi connectivity index (χ2n) is 5.06. The highest BCUT2D eigenvalue weighted by molar-refractivity contribution is 6.30. The van der Waals surface area contributed by atoms with Crippen LogP contribution in [0.25, 0.3) is 0 Å². The van der Waals surface area contributed by atoms with Gasteiger partial charge in [-0.2, -0.15) is 0 Å². The summed E-state index contributed by atoms with van der Waals surface area (Å²) in [5.41, 5.74) is 0.945. The van der Waals surface area contributed by atoms with E-state index in [2.05, 4.69) is 15.3 Å². The Kier molecular flexibility index (Phi) is 5.68. The molecule has 1 fully saturated rings. The molecule has 2 rings (SSSR count). The molecule has 22 heavy (non-hydrogen) atoms. The van der Waals surface area contributed by atoms with E-state index in [1.807, 2.05) is 0 Å². The molecular formula is C14H19ClN4O3. The van der Waals surface area contributed by atoms with E-state index in [0.29, 0.717) is 23.8 Å². The molecule has 0 aliphatic carbocycles. The molecule has 0 bridgehead atoms. The van der Waals surface area contributed by atoms with Crippen molar-refractivity contribution >= 4 is 29.1 Å². The molecule has 120 valence electrons. The van der Waals surface area contributed by atoms with Gasteiger partial charge in [-0.25, -0.2) is 9.97 Å². The minimum atomic E-state index is -0.427. The van der Waals surface area contributed by atoms with Crippen molar-refractivity contribution in [3.8, 4) is 0 Å². The molecule has 1 aliphatic rings. The Bertz CT molecular complexity index is 573. The summed E-state index contributed by atoms with van der Waals surface area (Å²) < 4.78 is 10.5. The first-order valence-corrected chi connectivity index (χ1v) is 7.48. The van der Waals surface area contributed by atoms with Gasteiger partial charge in [-0.3, -0.25) is 4.79 Å². The predicted molar refractivity (Wildman–Crippen MR) is 82.2 cm³/mol. The zero-order valence-corrected chi connectivity index (χ0v) is 13.4. The average molecular weight is 327 g/mol. The summed E-state index contributed by atoms with van der Waals surface area (Å²) in [6, 6.07) is 0. The quantitative estimate of drug-likeness (QED) is 0.637. The van der Waals surface area contributed by atoms with Gasteiger partial charge in [0.25, 0.3) is 0 Å². The molecule has 1 aromatic rings. The molecular weight excluding hydrogens is 308 g/mol. The van der Waals surface area contributed by atoms with Gasteiger partial charge in [-0.1, -0.05) is 11.6 Å². The Hall–Kier alpha value is -1.73. The van der Waals surface area contributed by atoms with Crippen molar-refractivity contribution < 1.29 is 14.3 Å². The third kappa shape index (κ3) is 4.38. The lowest BCUT2D eigenvalue weighted by Crippen LogP contribution is -2.29. The van der Waals surface area contributed by atoms with Crippen molar-refractivity contribution in [2.75, 3.05) is 11.9 Å². The summed E-state index contributed by atoms with van der Waals surface area (Å²) >= 11 is 6.09. The van der Waals surface area contributed by atoms with E-state index in [0.717, 1.165) is 19.3 Å². The first-order chi connectivity index (χ1) is 10.5. The zero-order valence-electron chi connectivity index (χ0n) is 12.6. The van der Waals surface area contributed by atoms with Crippen molar-refractivity contribution in [1.29, 1.82) is 5.41 Å². The van der Waals surface area contributed by atoms with Gasteiger partial charge in [-0.15, -0.1) is 0 Å². The Morgan fingerprint density at radius 2 is 2.23 bits per heavy atom. The van der Waals surface area contributed by atoms with Gasteiger partial charge >= 0.3 is 5.97 Å². The Labute approximate surface area is 133 Å². The number of esters is 1. The van der Waals surface area contributed by atoms with E-state index in [9.17, 15) is 4.79 Å². The van der Waals surface area contributed by atoms with Crippen LogP contribution in [0, 0.1) is 5.41 Å². The van der Waals surface area contributed by atoms with E-state index < -0.39 is 5.97 Å². The van der Waals surface area contributed by atoms with E-state index in [1.54, 1.807) is 6.92 Å². The molecule has 0 aromatic carbocycles. The largest absolute Gasteiger partial charge is 0.459 e. The summed E-state index contributed by atoms with van der Waals surface area (Å²) in [4.78, 5) is 19.4. The number of anilines is 1. The number of ether oxygens (including phenoxy) is 2. The number of nitrogens with one attached hydrogen (secondary N) is 2. The number of halogens is 1. The fourth-order valence-corrected chi connectivity index (χ4v) is 2.26. The van der Waals surface area contributed by atoms with Crippen LogP contribution in [-0.4, -0.2) is 34.5 Å². The second kappa shape index (κ2) is 7.51. The number of hydrogen-bond acceptors (Lipinski definition) is 7. The maximum absolute atomic E-state index is 10.9. The fraction of sp³-hybridized carbons (Fsp3) is 0.571. The van der Waals surface area contributed by atoms with E-state index in [4.69, 9.17) is 26.5 Å². The number of aromatic nitrogens is 2. The van der Waals surface area contributed by atoms with E-state index in [1.165, 1.54) is 6.92 Å². The van der Waals surface area contributed by atoms with Crippen molar-refractivity contribution in [3.63, 3.8) is 0 Å². The summed E-state index contributed by atoms with van der Waals surface area (Å²) in [7, 11) is 0. The van der Waals surface area contributed by atoms with E-state index >= 15 is 0 Å². The van der Waals surface area contributed by atoms with Gasteiger partial charge in [0.2, 0.25) is 0 Å². The maximum atomic E-state index is 10.9. The summed E-state index contributed by atoms with van der Waals surface area (Å²) in [5, 5.41) is 11.1. The smallest absolute Gasteiger partial charge is 0.303 e. The topological polar surface area (TPSA) is 97.2 Å². The van der Waals surface area contributed by atoms with Crippen LogP contribution in [0.2, 0.25) is 5.15 Å². The molecule has 0 saturated carbocycles. The van der Waals surface area contributed by atoms with Crippen LogP contribution in [0.1, 0.15) is 44.5 Å². The van der Waals surface area contributed by atoms with Crippen LogP contribution in [0.4, 0.5) is 5.82 Å². The summed E-state index contributed by atoms with van der Waals surface area (Å²) in [6.45, 7) is 3.55. The summed E-state index contributed by atoms with van der Waals surface area (Å²) in [5.74, 6) is -0.0141.